The highest BCUT2D eigenvalue weighted by atomic mass is 35.5. The number of carbonyl (C=O) groups is 1. The second-order valence-corrected chi connectivity index (χ2v) is 5.87. The fourth-order valence-electron chi connectivity index (χ4n) is 2.57. The smallest absolute Gasteiger partial charge is 0.330 e. The lowest BCUT2D eigenvalue weighted by Crippen LogP contribution is -2.23. The number of methoxy groups -OCH3 is 1. The van der Waals surface area contributed by atoms with Gasteiger partial charge in [0.05, 0.1) is 7.11 Å². The Kier molecular flexibility index (Phi) is 4.96. The molecule has 0 aliphatic heterocycles. The van der Waals surface area contributed by atoms with E-state index in [1.54, 1.807) is 18.3 Å². The molecule has 0 aliphatic rings. The maximum atomic E-state index is 12.1. The Morgan fingerprint density at radius 3 is 2.75 bits per heavy atom. The number of para-hydroxylation sites is 1. The SMILES string of the molecule is COC(=O)C(Cc1c[nH]c2ccccc12)N=Cc1ccc(Cl)cc1. The van der Waals surface area contributed by atoms with Crippen molar-refractivity contribution >= 4 is 34.7 Å². The topological polar surface area (TPSA) is 54.5 Å². The number of rotatable bonds is 5. The van der Waals surface area contributed by atoms with E-state index in [9.17, 15) is 4.79 Å². The Bertz CT molecular complexity index is 868. The molecule has 1 unspecified atom stereocenters. The summed E-state index contributed by atoms with van der Waals surface area (Å²) in [5.41, 5.74) is 2.96. The fraction of sp³-hybridized carbons (Fsp3) is 0.158. The summed E-state index contributed by atoms with van der Waals surface area (Å²) in [6, 6.07) is 14.7. The highest BCUT2D eigenvalue weighted by molar-refractivity contribution is 6.30. The number of aromatic amines is 1. The molecule has 4 nitrogen and oxygen atoms in total. The third-order valence-corrected chi connectivity index (χ3v) is 4.09. The average molecular weight is 341 g/mol. The fourth-order valence-corrected chi connectivity index (χ4v) is 2.69. The summed E-state index contributed by atoms with van der Waals surface area (Å²) in [5.74, 6) is -0.356. The molecule has 0 spiro atoms. The van der Waals surface area contributed by atoms with Crippen LogP contribution in [0.15, 0.2) is 59.7 Å². The van der Waals surface area contributed by atoms with Gasteiger partial charge in [-0.2, -0.15) is 0 Å². The van der Waals surface area contributed by atoms with Crippen molar-refractivity contribution < 1.29 is 9.53 Å². The lowest BCUT2D eigenvalue weighted by atomic mass is 10.1. The van der Waals surface area contributed by atoms with Crippen molar-refractivity contribution in [3.05, 3.63) is 70.9 Å². The number of hydrogen-bond donors (Lipinski definition) is 1. The number of aliphatic imine (C=N–C) groups is 1. The van der Waals surface area contributed by atoms with Gasteiger partial charge in [-0.3, -0.25) is 4.99 Å². The van der Waals surface area contributed by atoms with Crippen LogP contribution in [0.25, 0.3) is 10.9 Å². The summed E-state index contributed by atoms with van der Waals surface area (Å²) in [6.45, 7) is 0. The Morgan fingerprint density at radius 1 is 1.25 bits per heavy atom. The Morgan fingerprint density at radius 2 is 2.00 bits per heavy atom. The van der Waals surface area contributed by atoms with Crippen molar-refractivity contribution in [2.75, 3.05) is 7.11 Å². The zero-order valence-electron chi connectivity index (χ0n) is 13.2. The van der Waals surface area contributed by atoms with Gasteiger partial charge < -0.3 is 9.72 Å². The van der Waals surface area contributed by atoms with E-state index in [1.807, 2.05) is 42.6 Å². The highest BCUT2D eigenvalue weighted by Gasteiger charge is 2.19. The molecular formula is C19H17ClN2O2. The van der Waals surface area contributed by atoms with Gasteiger partial charge in [-0.15, -0.1) is 0 Å². The largest absolute Gasteiger partial charge is 0.467 e. The number of carbonyl (C=O) groups excluding carboxylic acids is 1. The number of fused-ring (bicyclic) bond motifs is 1. The summed E-state index contributed by atoms with van der Waals surface area (Å²) in [6.07, 6.45) is 4.06. The zero-order valence-corrected chi connectivity index (χ0v) is 14.0. The number of aromatic nitrogens is 1. The van der Waals surface area contributed by atoms with Crippen LogP contribution >= 0.6 is 11.6 Å². The molecule has 0 fully saturated rings. The molecule has 0 aliphatic carbocycles. The third-order valence-electron chi connectivity index (χ3n) is 3.83. The third kappa shape index (κ3) is 3.66. The van der Waals surface area contributed by atoms with Gasteiger partial charge in [-0.05, 0) is 29.3 Å². The summed E-state index contributed by atoms with van der Waals surface area (Å²) in [4.78, 5) is 19.7. The van der Waals surface area contributed by atoms with Gasteiger partial charge in [0.25, 0.3) is 0 Å². The van der Waals surface area contributed by atoms with E-state index in [1.165, 1.54) is 7.11 Å². The van der Waals surface area contributed by atoms with Crippen LogP contribution in [0.2, 0.25) is 5.02 Å². The van der Waals surface area contributed by atoms with Crippen molar-refractivity contribution in [2.24, 2.45) is 4.99 Å². The molecule has 0 bridgehead atoms. The van der Waals surface area contributed by atoms with Crippen molar-refractivity contribution in [2.45, 2.75) is 12.5 Å². The molecule has 3 aromatic rings. The molecule has 1 N–H and O–H groups in total. The minimum atomic E-state index is -0.593. The van der Waals surface area contributed by atoms with Crippen molar-refractivity contribution in [3.63, 3.8) is 0 Å². The van der Waals surface area contributed by atoms with E-state index < -0.39 is 6.04 Å². The second-order valence-electron chi connectivity index (χ2n) is 5.43. The van der Waals surface area contributed by atoms with Crippen LogP contribution < -0.4 is 0 Å². The molecule has 1 aromatic heterocycles. The number of nitrogens with one attached hydrogen (secondary N) is 1. The quantitative estimate of drug-likeness (QED) is 0.563. The normalized spacial score (nSPS) is 12.6. The van der Waals surface area contributed by atoms with Crippen LogP contribution in [0.5, 0.6) is 0 Å². The van der Waals surface area contributed by atoms with E-state index >= 15 is 0 Å². The average Bonchev–Trinajstić information content (AvgIpc) is 3.02. The van der Waals surface area contributed by atoms with E-state index in [0.717, 1.165) is 22.0 Å². The van der Waals surface area contributed by atoms with Crippen LogP contribution in [-0.4, -0.2) is 30.3 Å². The highest BCUT2D eigenvalue weighted by Crippen LogP contribution is 2.20. The van der Waals surface area contributed by atoms with Gasteiger partial charge in [-0.25, -0.2) is 4.79 Å². The van der Waals surface area contributed by atoms with Crippen molar-refractivity contribution in [3.8, 4) is 0 Å². The molecule has 0 radical (unpaired) electrons. The Balaban J connectivity index is 1.84. The molecule has 0 saturated carbocycles. The first-order chi connectivity index (χ1) is 11.7. The van der Waals surface area contributed by atoms with Gasteiger partial charge in [0, 0.05) is 34.8 Å². The molecule has 1 heterocycles. The number of benzene rings is 2. The summed E-state index contributed by atoms with van der Waals surface area (Å²) >= 11 is 5.88. The van der Waals surface area contributed by atoms with Crippen LogP contribution in [0.4, 0.5) is 0 Å². The Hall–Kier alpha value is -2.59. The molecule has 24 heavy (non-hydrogen) atoms. The predicted molar refractivity (Wildman–Crippen MR) is 96.9 cm³/mol. The molecule has 0 saturated heterocycles. The van der Waals surface area contributed by atoms with Gasteiger partial charge in [-0.1, -0.05) is 41.9 Å². The van der Waals surface area contributed by atoms with Crippen LogP contribution in [0.3, 0.4) is 0 Å². The van der Waals surface area contributed by atoms with Crippen molar-refractivity contribution in [1.29, 1.82) is 0 Å². The van der Waals surface area contributed by atoms with Crippen molar-refractivity contribution in [1.82, 2.24) is 4.98 Å². The Labute approximate surface area is 145 Å². The lowest BCUT2D eigenvalue weighted by Gasteiger charge is -2.09. The maximum absolute atomic E-state index is 12.1. The number of ether oxygens (including phenoxy) is 1. The van der Waals surface area contributed by atoms with E-state index in [4.69, 9.17) is 16.3 Å². The number of nitrogens with zero attached hydrogens (tertiary/aromatic N) is 1. The molecule has 2 aromatic carbocycles. The zero-order chi connectivity index (χ0) is 16.9. The molecular weight excluding hydrogens is 324 g/mol. The summed E-state index contributed by atoms with van der Waals surface area (Å²) < 4.78 is 4.90. The van der Waals surface area contributed by atoms with E-state index in [2.05, 4.69) is 9.98 Å². The first-order valence-electron chi connectivity index (χ1n) is 7.59. The molecule has 122 valence electrons. The van der Waals surface area contributed by atoms with E-state index in [0.29, 0.717) is 11.4 Å². The monoisotopic (exact) mass is 340 g/mol. The first-order valence-corrected chi connectivity index (χ1v) is 7.97. The number of hydrogen-bond acceptors (Lipinski definition) is 3. The number of halogens is 1. The molecule has 1 atom stereocenters. The second kappa shape index (κ2) is 7.32. The van der Waals surface area contributed by atoms with Crippen LogP contribution in [-0.2, 0) is 16.0 Å². The lowest BCUT2D eigenvalue weighted by molar-refractivity contribution is -0.142. The predicted octanol–water partition coefficient (Wildman–Crippen LogP) is 4.02. The number of H-pyrrole nitrogens is 1. The van der Waals surface area contributed by atoms with Gasteiger partial charge in [0.2, 0.25) is 0 Å². The minimum absolute atomic E-state index is 0.356. The van der Waals surface area contributed by atoms with Gasteiger partial charge in [0.1, 0.15) is 0 Å². The van der Waals surface area contributed by atoms with Gasteiger partial charge >= 0.3 is 5.97 Å². The maximum Gasteiger partial charge on any atom is 0.330 e. The van der Waals surface area contributed by atoms with E-state index in [-0.39, 0.29) is 5.97 Å². The number of esters is 1. The van der Waals surface area contributed by atoms with Gasteiger partial charge in [0.15, 0.2) is 6.04 Å². The van der Waals surface area contributed by atoms with Crippen LogP contribution in [0, 0.1) is 0 Å². The standard InChI is InChI=1S/C19H17ClN2O2/c1-24-19(23)18(21-11-13-6-8-15(20)9-7-13)10-14-12-22-17-5-3-2-4-16(14)17/h2-9,11-12,18,22H,10H2,1H3. The summed E-state index contributed by atoms with van der Waals surface area (Å²) in [7, 11) is 1.38. The van der Waals surface area contributed by atoms with Crippen LogP contribution in [0.1, 0.15) is 11.1 Å². The molecule has 0 amide bonds. The first kappa shape index (κ1) is 16.3. The minimum Gasteiger partial charge on any atom is -0.467 e. The summed E-state index contributed by atoms with van der Waals surface area (Å²) in [5, 5.41) is 1.75. The molecule has 3 rings (SSSR count). The molecule has 5 heteroatoms.